The van der Waals surface area contributed by atoms with Gasteiger partial charge >= 0.3 is 0 Å². The topological polar surface area (TPSA) is 67.4 Å². The summed E-state index contributed by atoms with van der Waals surface area (Å²) in [5.41, 5.74) is 5.39. The molecule has 2 heterocycles. The van der Waals surface area contributed by atoms with Crippen LogP contribution < -0.4 is 19.1 Å². The molecule has 0 atom stereocenters. The van der Waals surface area contributed by atoms with Crippen LogP contribution in [0.3, 0.4) is 0 Å². The smallest absolute Gasteiger partial charge is 0.273 e. The lowest BCUT2D eigenvalue weighted by Gasteiger charge is -2.36. The Morgan fingerprint density at radius 1 is 0.860 bits per heavy atom. The van der Waals surface area contributed by atoms with Gasteiger partial charge < -0.3 is 24.0 Å². The van der Waals surface area contributed by atoms with Gasteiger partial charge in [0.1, 0.15) is 16.5 Å². The molecule has 0 N–H and O–H groups in total. The molecule has 0 unspecified atom stereocenters. The van der Waals surface area contributed by atoms with Gasteiger partial charge in [-0.2, -0.15) is 0 Å². The molecule has 5 rings (SSSR count). The van der Waals surface area contributed by atoms with Crippen LogP contribution in [0.1, 0.15) is 32.2 Å². The molecular weight excluding hydrogens is 560 g/mol. The number of carbonyl (C=O) groups is 1. The van der Waals surface area contributed by atoms with E-state index in [0.717, 1.165) is 60.4 Å². The second-order valence-corrected chi connectivity index (χ2v) is 11.6. The minimum absolute atomic E-state index is 0.0129. The van der Waals surface area contributed by atoms with Crippen LogP contribution >= 0.6 is 11.3 Å². The lowest BCUT2D eigenvalue weighted by molar-refractivity contribution is 0.0741. The molecule has 8 nitrogen and oxygen atoms in total. The van der Waals surface area contributed by atoms with Crippen LogP contribution in [0.25, 0.3) is 0 Å². The number of ether oxygens (including phenoxy) is 3. The number of aryl methyl sites for hydroxylation is 1. The van der Waals surface area contributed by atoms with E-state index in [1.165, 1.54) is 16.8 Å². The van der Waals surface area contributed by atoms with Gasteiger partial charge in [-0.05, 0) is 60.4 Å². The van der Waals surface area contributed by atoms with Crippen LogP contribution in [0.2, 0.25) is 0 Å². The largest absolute Gasteiger partial charge is 0.497 e. The van der Waals surface area contributed by atoms with Crippen LogP contribution in [-0.2, 0) is 19.5 Å². The number of amides is 1. The van der Waals surface area contributed by atoms with Crippen LogP contribution in [0.5, 0.6) is 17.2 Å². The zero-order chi connectivity index (χ0) is 30.2. The third-order valence-electron chi connectivity index (χ3n) is 7.88. The fourth-order valence-electron chi connectivity index (χ4n) is 5.43. The minimum Gasteiger partial charge on any atom is -0.497 e. The molecule has 0 bridgehead atoms. The number of thiazole rings is 1. The van der Waals surface area contributed by atoms with Crippen LogP contribution in [0.15, 0.2) is 72.1 Å². The van der Waals surface area contributed by atoms with E-state index in [1.807, 2.05) is 34.5 Å². The Kier molecular flexibility index (Phi) is 10.2. The number of benzene rings is 3. The average molecular weight is 601 g/mol. The van der Waals surface area contributed by atoms with E-state index < -0.39 is 0 Å². The Bertz CT molecular complexity index is 1500. The van der Waals surface area contributed by atoms with Crippen molar-refractivity contribution in [2.45, 2.75) is 26.4 Å². The molecular formula is C34H40N4O4S. The van der Waals surface area contributed by atoms with Gasteiger partial charge in [0.05, 0.1) is 27.9 Å². The first-order valence-corrected chi connectivity index (χ1v) is 15.5. The molecule has 1 fully saturated rings. The van der Waals surface area contributed by atoms with E-state index in [0.29, 0.717) is 25.3 Å². The number of nitrogens with zero attached hydrogens (tertiary/aromatic N) is 4. The third-order valence-corrected chi connectivity index (χ3v) is 8.72. The van der Waals surface area contributed by atoms with E-state index in [9.17, 15) is 4.79 Å². The predicted molar refractivity (Wildman–Crippen MR) is 172 cm³/mol. The molecule has 4 aromatic rings. The molecule has 1 aromatic heterocycles. The first-order valence-electron chi connectivity index (χ1n) is 14.6. The van der Waals surface area contributed by atoms with Gasteiger partial charge in [-0.3, -0.25) is 9.69 Å². The second kappa shape index (κ2) is 14.4. The third kappa shape index (κ3) is 7.66. The highest BCUT2D eigenvalue weighted by Crippen LogP contribution is 2.28. The molecule has 226 valence electrons. The zero-order valence-electron chi connectivity index (χ0n) is 25.4. The molecule has 0 spiro atoms. The predicted octanol–water partition coefficient (Wildman–Crippen LogP) is 5.68. The van der Waals surface area contributed by atoms with Gasteiger partial charge in [0.2, 0.25) is 0 Å². The Hall–Kier alpha value is -4.08. The quantitative estimate of drug-likeness (QED) is 0.207. The molecule has 1 saturated heterocycles. The second-order valence-electron chi connectivity index (χ2n) is 10.7. The number of hydrogen-bond acceptors (Lipinski definition) is 8. The highest BCUT2D eigenvalue weighted by molar-refractivity contribution is 7.09. The van der Waals surface area contributed by atoms with E-state index in [2.05, 4.69) is 59.2 Å². The monoisotopic (exact) mass is 600 g/mol. The summed E-state index contributed by atoms with van der Waals surface area (Å²) < 4.78 is 16.3. The normalized spacial score (nSPS) is 13.3. The summed E-state index contributed by atoms with van der Waals surface area (Å²) in [7, 11) is 4.98. The van der Waals surface area contributed by atoms with Gasteiger partial charge in [-0.1, -0.05) is 36.4 Å². The van der Waals surface area contributed by atoms with E-state index in [-0.39, 0.29) is 5.91 Å². The number of para-hydroxylation sites is 1. The highest BCUT2D eigenvalue weighted by Gasteiger charge is 2.25. The van der Waals surface area contributed by atoms with Crippen molar-refractivity contribution in [3.05, 3.63) is 99.5 Å². The summed E-state index contributed by atoms with van der Waals surface area (Å²) in [6.45, 7) is 7.36. The van der Waals surface area contributed by atoms with E-state index >= 15 is 0 Å². The molecule has 1 aliphatic heterocycles. The Morgan fingerprint density at radius 3 is 2.28 bits per heavy atom. The van der Waals surface area contributed by atoms with Crippen LogP contribution in [0.4, 0.5) is 5.69 Å². The fourth-order valence-corrected chi connectivity index (χ4v) is 6.24. The van der Waals surface area contributed by atoms with Crippen molar-refractivity contribution < 1.29 is 19.0 Å². The molecule has 0 saturated carbocycles. The van der Waals surface area contributed by atoms with Crippen molar-refractivity contribution >= 4 is 22.9 Å². The summed E-state index contributed by atoms with van der Waals surface area (Å²) in [5, 5.41) is 2.84. The summed E-state index contributed by atoms with van der Waals surface area (Å²) >= 11 is 1.55. The standard InChI is InChI=1S/C34H40N4O4S/c1-25-7-5-6-8-30(25)37-17-19-38(20-18-37)34(39)29-24-43-33(35-29)23-36(22-27-9-12-28(40-2)13-10-27)16-15-26-11-14-31(41-3)32(21-26)42-4/h5-14,21,24H,15-20,22-23H2,1-4H3. The molecule has 3 aromatic carbocycles. The first-order chi connectivity index (χ1) is 21.0. The van der Waals surface area contributed by atoms with Gasteiger partial charge in [0, 0.05) is 50.3 Å². The fraction of sp³-hybridized carbons (Fsp3) is 0.353. The number of hydrogen-bond donors (Lipinski definition) is 0. The Morgan fingerprint density at radius 2 is 1.58 bits per heavy atom. The minimum atomic E-state index is 0.0129. The molecule has 0 radical (unpaired) electrons. The molecule has 1 aliphatic rings. The SMILES string of the molecule is COc1ccc(CN(CCc2ccc(OC)c(OC)c2)Cc2nc(C(=O)N3CCN(c4ccccc4C)CC3)cs2)cc1. The van der Waals surface area contributed by atoms with Crippen molar-refractivity contribution in [1.29, 1.82) is 0 Å². The highest BCUT2D eigenvalue weighted by atomic mass is 32.1. The van der Waals surface area contributed by atoms with E-state index in [1.54, 1.807) is 32.7 Å². The average Bonchev–Trinajstić information content (AvgIpc) is 3.52. The number of rotatable bonds is 12. The lowest BCUT2D eigenvalue weighted by atomic mass is 10.1. The molecule has 9 heteroatoms. The molecule has 43 heavy (non-hydrogen) atoms. The molecule has 1 amide bonds. The number of carbonyl (C=O) groups excluding carboxylic acids is 1. The first kappa shape index (κ1) is 30.4. The lowest BCUT2D eigenvalue weighted by Crippen LogP contribution is -2.49. The van der Waals surface area contributed by atoms with Gasteiger partial charge in [0.25, 0.3) is 5.91 Å². The van der Waals surface area contributed by atoms with Gasteiger partial charge in [-0.25, -0.2) is 4.98 Å². The maximum atomic E-state index is 13.4. The summed E-state index contributed by atoms with van der Waals surface area (Å²) in [5.74, 6) is 2.30. The van der Waals surface area contributed by atoms with Crippen LogP contribution in [-0.4, -0.2) is 74.7 Å². The maximum Gasteiger partial charge on any atom is 0.273 e. The number of aromatic nitrogens is 1. The van der Waals surface area contributed by atoms with E-state index in [4.69, 9.17) is 19.2 Å². The summed E-state index contributed by atoms with van der Waals surface area (Å²) in [6, 6.07) is 22.6. The number of methoxy groups -OCH3 is 3. The zero-order valence-corrected chi connectivity index (χ0v) is 26.2. The van der Waals surface area contributed by atoms with Crippen molar-refractivity contribution in [1.82, 2.24) is 14.8 Å². The number of piperazine rings is 1. The van der Waals surface area contributed by atoms with Gasteiger partial charge in [-0.15, -0.1) is 11.3 Å². The van der Waals surface area contributed by atoms with Crippen molar-refractivity contribution in [3.8, 4) is 17.2 Å². The Labute approximate surface area is 258 Å². The van der Waals surface area contributed by atoms with Crippen molar-refractivity contribution in [2.75, 3.05) is 59.0 Å². The number of anilines is 1. The van der Waals surface area contributed by atoms with Crippen molar-refractivity contribution in [2.24, 2.45) is 0 Å². The van der Waals surface area contributed by atoms with Crippen molar-refractivity contribution in [3.63, 3.8) is 0 Å². The summed E-state index contributed by atoms with van der Waals surface area (Å²) in [6.07, 6.45) is 0.832. The Balaban J connectivity index is 1.24. The summed E-state index contributed by atoms with van der Waals surface area (Å²) in [4.78, 5) is 24.9. The maximum absolute atomic E-state index is 13.4. The van der Waals surface area contributed by atoms with Crippen LogP contribution in [0, 0.1) is 6.92 Å². The van der Waals surface area contributed by atoms with Gasteiger partial charge in [0.15, 0.2) is 11.5 Å². The molecule has 0 aliphatic carbocycles.